The van der Waals surface area contributed by atoms with Gasteiger partial charge in [-0.25, -0.2) is 0 Å². The summed E-state index contributed by atoms with van der Waals surface area (Å²) in [6.07, 6.45) is 0. The van der Waals surface area contributed by atoms with E-state index in [2.05, 4.69) is 50.2 Å². The van der Waals surface area contributed by atoms with E-state index in [9.17, 15) is 0 Å². The molecule has 1 N–H and O–H groups in total. The van der Waals surface area contributed by atoms with E-state index in [1.807, 2.05) is 24.3 Å². The molecule has 1 aromatic carbocycles. The number of aromatic nitrogens is 2. The monoisotopic (exact) mass is 350 g/mol. The van der Waals surface area contributed by atoms with E-state index in [4.69, 9.17) is 4.42 Å². The minimum Gasteiger partial charge on any atom is -0.419 e. The summed E-state index contributed by atoms with van der Waals surface area (Å²) in [5.74, 6) is 1.25. The maximum absolute atomic E-state index is 5.78. The van der Waals surface area contributed by atoms with Crippen LogP contribution in [0.5, 0.6) is 0 Å². The summed E-state index contributed by atoms with van der Waals surface area (Å²) in [6, 6.07) is 8.86. The van der Waals surface area contributed by atoms with Gasteiger partial charge in [0, 0.05) is 35.2 Å². The van der Waals surface area contributed by atoms with Gasteiger partial charge in [0.15, 0.2) is 0 Å². The van der Waals surface area contributed by atoms with E-state index in [1.165, 1.54) is 0 Å². The van der Waals surface area contributed by atoms with Crippen molar-refractivity contribution in [2.24, 2.45) is 0 Å². The first-order valence-electron chi connectivity index (χ1n) is 7.17. The predicted octanol–water partition coefficient (Wildman–Crippen LogP) is 2.68. The predicted molar refractivity (Wildman–Crippen MR) is 84.8 cm³/mol. The molecule has 1 fully saturated rings. The van der Waals surface area contributed by atoms with Gasteiger partial charge in [0.25, 0.3) is 0 Å². The highest BCUT2D eigenvalue weighted by Crippen LogP contribution is 2.21. The van der Waals surface area contributed by atoms with Gasteiger partial charge < -0.3 is 9.73 Å². The molecule has 2 heterocycles. The number of hydrogen-bond donors (Lipinski definition) is 1. The summed E-state index contributed by atoms with van der Waals surface area (Å²) in [6.45, 7) is 7.11. The van der Waals surface area contributed by atoms with Crippen LogP contribution in [0.25, 0.3) is 11.5 Å². The maximum Gasteiger partial charge on any atom is 0.247 e. The van der Waals surface area contributed by atoms with Crippen molar-refractivity contribution in [1.82, 2.24) is 20.4 Å². The summed E-state index contributed by atoms with van der Waals surface area (Å²) in [7, 11) is 0. The van der Waals surface area contributed by atoms with Crippen LogP contribution in [0.4, 0.5) is 0 Å². The van der Waals surface area contributed by atoms with Crippen molar-refractivity contribution in [3.05, 3.63) is 34.6 Å². The van der Waals surface area contributed by atoms with Crippen LogP contribution in [0.3, 0.4) is 0 Å². The summed E-state index contributed by atoms with van der Waals surface area (Å²) >= 11 is 3.42. The molecule has 5 nitrogen and oxygen atoms in total. The average molecular weight is 351 g/mol. The van der Waals surface area contributed by atoms with Gasteiger partial charge >= 0.3 is 0 Å². The molecular weight excluding hydrogens is 332 g/mol. The Hall–Kier alpha value is -1.24. The summed E-state index contributed by atoms with van der Waals surface area (Å²) < 4.78 is 6.82. The normalized spacial score (nSPS) is 23.4. The minimum absolute atomic E-state index is 0.489. The summed E-state index contributed by atoms with van der Waals surface area (Å²) in [5.41, 5.74) is 0.944. The molecule has 1 aromatic heterocycles. The van der Waals surface area contributed by atoms with E-state index in [0.29, 0.717) is 30.4 Å². The van der Waals surface area contributed by atoms with Gasteiger partial charge in [0.2, 0.25) is 11.8 Å². The second-order valence-corrected chi connectivity index (χ2v) is 6.59. The molecule has 2 atom stereocenters. The fourth-order valence-electron chi connectivity index (χ4n) is 2.79. The third kappa shape index (κ3) is 3.70. The largest absolute Gasteiger partial charge is 0.419 e. The van der Waals surface area contributed by atoms with Crippen LogP contribution in [-0.2, 0) is 6.54 Å². The SMILES string of the molecule is CC1CN(Cc2nnc(-c3ccc(Br)cc3)o2)CC(C)N1. The second-order valence-electron chi connectivity index (χ2n) is 5.67. The highest BCUT2D eigenvalue weighted by molar-refractivity contribution is 9.10. The molecule has 0 aliphatic carbocycles. The molecule has 21 heavy (non-hydrogen) atoms. The van der Waals surface area contributed by atoms with Crippen molar-refractivity contribution in [3.8, 4) is 11.5 Å². The number of halogens is 1. The molecule has 0 saturated carbocycles. The second kappa shape index (κ2) is 6.25. The first-order valence-corrected chi connectivity index (χ1v) is 7.96. The van der Waals surface area contributed by atoms with E-state index in [1.54, 1.807) is 0 Å². The van der Waals surface area contributed by atoms with Crippen LogP contribution in [0.15, 0.2) is 33.2 Å². The van der Waals surface area contributed by atoms with Gasteiger partial charge in [0.1, 0.15) is 0 Å². The van der Waals surface area contributed by atoms with E-state index >= 15 is 0 Å². The smallest absolute Gasteiger partial charge is 0.247 e. The zero-order valence-corrected chi connectivity index (χ0v) is 13.8. The Morgan fingerprint density at radius 1 is 1.19 bits per heavy atom. The molecule has 112 valence electrons. The molecule has 1 aliphatic rings. The van der Waals surface area contributed by atoms with E-state index in [0.717, 1.165) is 23.1 Å². The van der Waals surface area contributed by atoms with Gasteiger partial charge in [-0.1, -0.05) is 15.9 Å². The van der Waals surface area contributed by atoms with Crippen LogP contribution in [0.2, 0.25) is 0 Å². The standard InChI is InChI=1S/C15H19BrN4O/c1-10-7-20(8-11(2)17-10)9-14-18-19-15(21-14)12-3-5-13(16)6-4-12/h3-6,10-11,17H,7-9H2,1-2H3. The van der Waals surface area contributed by atoms with Crippen LogP contribution in [0, 0.1) is 0 Å². The average Bonchev–Trinajstić information content (AvgIpc) is 2.87. The zero-order valence-electron chi connectivity index (χ0n) is 12.2. The highest BCUT2D eigenvalue weighted by atomic mass is 79.9. The molecule has 0 amide bonds. The van der Waals surface area contributed by atoms with Crippen LogP contribution >= 0.6 is 15.9 Å². The van der Waals surface area contributed by atoms with Gasteiger partial charge in [-0.05, 0) is 38.1 Å². The number of piperazine rings is 1. The summed E-state index contributed by atoms with van der Waals surface area (Å²) in [4.78, 5) is 2.35. The molecular formula is C15H19BrN4O. The number of nitrogens with zero attached hydrogens (tertiary/aromatic N) is 3. The highest BCUT2D eigenvalue weighted by Gasteiger charge is 2.22. The molecule has 1 saturated heterocycles. The Labute approximate surface area is 132 Å². The van der Waals surface area contributed by atoms with Crippen molar-refractivity contribution < 1.29 is 4.42 Å². The van der Waals surface area contributed by atoms with Gasteiger partial charge in [-0.3, -0.25) is 4.90 Å². The van der Waals surface area contributed by atoms with E-state index in [-0.39, 0.29) is 0 Å². The van der Waals surface area contributed by atoms with Crippen LogP contribution < -0.4 is 5.32 Å². The lowest BCUT2D eigenvalue weighted by molar-refractivity contribution is 0.154. The molecule has 1 aliphatic heterocycles. The van der Waals surface area contributed by atoms with Crippen LogP contribution in [-0.4, -0.2) is 40.3 Å². The van der Waals surface area contributed by atoms with Crippen molar-refractivity contribution in [1.29, 1.82) is 0 Å². The number of benzene rings is 1. The van der Waals surface area contributed by atoms with Gasteiger partial charge in [-0.15, -0.1) is 10.2 Å². The fourth-order valence-corrected chi connectivity index (χ4v) is 3.05. The Morgan fingerprint density at radius 3 is 2.52 bits per heavy atom. The van der Waals surface area contributed by atoms with E-state index < -0.39 is 0 Å². The Balaban J connectivity index is 1.69. The number of hydrogen-bond acceptors (Lipinski definition) is 5. The fraction of sp³-hybridized carbons (Fsp3) is 0.467. The van der Waals surface area contributed by atoms with Gasteiger partial charge in [-0.2, -0.15) is 0 Å². The van der Waals surface area contributed by atoms with Crippen molar-refractivity contribution in [2.75, 3.05) is 13.1 Å². The Kier molecular flexibility index (Phi) is 4.37. The molecule has 0 spiro atoms. The number of nitrogens with one attached hydrogen (secondary N) is 1. The number of rotatable bonds is 3. The molecule has 0 radical (unpaired) electrons. The van der Waals surface area contributed by atoms with Crippen molar-refractivity contribution in [2.45, 2.75) is 32.5 Å². The summed E-state index contributed by atoms with van der Waals surface area (Å²) in [5, 5.41) is 11.8. The first-order chi connectivity index (χ1) is 10.1. The van der Waals surface area contributed by atoms with Crippen LogP contribution in [0.1, 0.15) is 19.7 Å². The van der Waals surface area contributed by atoms with Crippen molar-refractivity contribution >= 4 is 15.9 Å². The zero-order chi connectivity index (χ0) is 14.8. The molecule has 2 unspecified atom stereocenters. The molecule has 2 aromatic rings. The quantitative estimate of drug-likeness (QED) is 0.922. The lowest BCUT2D eigenvalue weighted by Crippen LogP contribution is -2.53. The topological polar surface area (TPSA) is 54.2 Å². The van der Waals surface area contributed by atoms with Gasteiger partial charge in [0.05, 0.1) is 6.54 Å². The first kappa shape index (κ1) is 14.7. The molecule has 6 heteroatoms. The Morgan fingerprint density at radius 2 is 1.86 bits per heavy atom. The lowest BCUT2D eigenvalue weighted by atomic mass is 10.1. The Bertz CT molecular complexity index is 588. The maximum atomic E-state index is 5.78. The third-order valence-corrected chi connectivity index (χ3v) is 4.08. The minimum atomic E-state index is 0.489. The molecule has 3 rings (SSSR count). The van der Waals surface area contributed by atoms with Crippen molar-refractivity contribution in [3.63, 3.8) is 0 Å². The molecule has 0 bridgehead atoms. The third-order valence-electron chi connectivity index (χ3n) is 3.55. The lowest BCUT2D eigenvalue weighted by Gasteiger charge is -2.35.